The molecule has 0 bridgehead atoms. The predicted octanol–water partition coefficient (Wildman–Crippen LogP) is 4.03. The molecule has 1 aromatic carbocycles. The van der Waals surface area contributed by atoms with Gasteiger partial charge in [-0.2, -0.15) is 0 Å². The summed E-state index contributed by atoms with van der Waals surface area (Å²) in [5.41, 5.74) is 0. The van der Waals surface area contributed by atoms with Crippen molar-refractivity contribution in [1.82, 2.24) is 4.90 Å². The molecule has 1 fully saturated rings. The Labute approximate surface area is 151 Å². The third kappa shape index (κ3) is 4.08. The number of aliphatic hydroxyl groups is 1. The van der Waals surface area contributed by atoms with Gasteiger partial charge in [-0.1, -0.05) is 37.0 Å². The van der Waals surface area contributed by atoms with Gasteiger partial charge in [-0.05, 0) is 38.0 Å². The van der Waals surface area contributed by atoms with Crippen LogP contribution in [-0.2, 0) is 4.79 Å². The summed E-state index contributed by atoms with van der Waals surface area (Å²) < 4.78 is 5.09. The number of hydrogen-bond acceptors (Lipinski definition) is 4. The monoisotopic (exact) mass is 377 g/mol. The van der Waals surface area contributed by atoms with Crippen molar-refractivity contribution in [3.63, 3.8) is 0 Å². The van der Waals surface area contributed by atoms with E-state index in [-0.39, 0.29) is 23.8 Å². The van der Waals surface area contributed by atoms with Gasteiger partial charge < -0.3 is 14.7 Å². The van der Waals surface area contributed by atoms with Crippen molar-refractivity contribution >= 4 is 40.9 Å². The van der Waals surface area contributed by atoms with Gasteiger partial charge in [-0.3, -0.25) is 4.79 Å². The van der Waals surface area contributed by atoms with Crippen LogP contribution in [-0.4, -0.2) is 38.9 Å². The van der Waals surface area contributed by atoms with Crippen LogP contribution >= 0.6 is 35.0 Å². The highest BCUT2D eigenvalue weighted by molar-refractivity contribution is 8.01. The van der Waals surface area contributed by atoms with Crippen LogP contribution in [0.15, 0.2) is 18.2 Å². The molecule has 0 spiro atoms. The maximum Gasteiger partial charge on any atom is 0.263 e. The highest BCUT2D eigenvalue weighted by atomic mass is 35.5. The van der Waals surface area contributed by atoms with E-state index in [0.29, 0.717) is 15.8 Å². The van der Waals surface area contributed by atoms with E-state index in [1.807, 2.05) is 27.7 Å². The maximum atomic E-state index is 12.6. The molecule has 1 aromatic rings. The minimum atomic E-state index is -0.850. The van der Waals surface area contributed by atoms with Gasteiger partial charge in [-0.25, -0.2) is 0 Å². The van der Waals surface area contributed by atoms with E-state index in [2.05, 4.69) is 0 Å². The molecule has 1 amide bonds. The summed E-state index contributed by atoms with van der Waals surface area (Å²) in [5.74, 6) is 0.353. The SMILES string of the molecule is CC(C)C1SC(C)(C)C(O)N1C(=O)COc1ccc(Cl)cc1Cl. The number of carbonyl (C=O) groups excluding carboxylic acids is 1. The van der Waals surface area contributed by atoms with Gasteiger partial charge in [0.05, 0.1) is 15.1 Å². The first kappa shape index (κ1) is 18.7. The molecule has 0 saturated carbocycles. The second kappa shape index (κ2) is 7.09. The van der Waals surface area contributed by atoms with E-state index in [1.54, 1.807) is 30.0 Å². The topological polar surface area (TPSA) is 49.8 Å². The summed E-state index contributed by atoms with van der Waals surface area (Å²) in [6, 6.07) is 4.83. The quantitative estimate of drug-likeness (QED) is 0.860. The van der Waals surface area contributed by atoms with Crippen LogP contribution in [0.5, 0.6) is 5.75 Å². The summed E-state index contributed by atoms with van der Waals surface area (Å²) in [6.45, 7) is 7.74. The van der Waals surface area contributed by atoms with E-state index in [4.69, 9.17) is 27.9 Å². The molecule has 1 heterocycles. The van der Waals surface area contributed by atoms with Crippen LogP contribution in [0, 0.1) is 5.92 Å². The Kier molecular flexibility index (Phi) is 5.77. The smallest absolute Gasteiger partial charge is 0.263 e. The molecule has 2 rings (SSSR count). The van der Waals surface area contributed by atoms with Crippen LogP contribution in [0.4, 0.5) is 0 Å². The zero-order valence-electron chi connectivity index (χ0n) is 13.5. The largest absolute Gasteiger partial charge is 0.482 e. The lowest BCUT2D eigenvalue weighted by atomic mass is 10.1. The Morgan fingerprint density at radius 3 is 2.65 bits per heavy atom. The Balaban J connectivity index is 2.09. The minimum Gasteiger partial charge on any atom is -0.482 e. The van der Waals surface area contributed by atoms with Crippen LogP contribution < -0.4 is 4.74 Å². The molecule has 128 valence electrons. The molecule has 1 aliphatic rings. The Morgan fingerprint density at radius 1 is 1.43 bits per heavy atom. The van der Waals surface area contributed by atoms with Crippen molar-refractivity contribution in [1.29, 1.82) is 0 Å². The second-order valence-corrected chi connectivity index (χ2v) is 9.01. The molecule has 2 unspecified atom stereocenters. The summed E-state index contributed by atoms with van der Waals surface area (Å²) in [4.78, 5) is 14.1. The number of rotatable bonds is 4. The van der Waals surface area contributed by atoms with E-state index in [9.17, 15) is 9.90 Å². The van der Waals surface area contributed by atoms with E-state index in [1.165, 1.54) is 4.90 Å². The van der Waals surface area contributed by atoms with Crippen LogP contribution in [0.2, 0.25) is 10.0 Å². The van der Waals surface area contributed by atoms with E-state index >= 15 is 0 Å². The van der Waals surface area contributed by atoms with Gasteiger partial charge in [0.2, 0.25) is 0 Å². The van der Waals surface area contributed by atoms with Crippen molar-refractivity contribution in [2.45, 2.75) is 44.0 Å². The normalized spacial score (nSPS) is 23.4. The van der Waals surface area contributed by atoms with E-state index in [0.717, 1.165) is 0 Å². The average molecular weight is 378 g/mol. The lowest BCUT2D eigenvalue weighted by Gasteiger charge is -2.30. The number of hydrogen-bond donors (Lipinski definition) is 1. The molecule has 4 nitrogen and oxygen atoms in total. The van der Waals surface area contributed by atoms with E-state index < -0.39 is 11.0 Å². The van der Waals surface area contributed by atoms with Crippen molar-refractivity contribution in [3.05, 3.63) is 28.2 Å². The summed E-state index contributed by atoms with van der Waals surface area (Å²) in [5, 5.41) is 11.2. The van der Waals surface area contributed by atoms with Gasteiger partial charge >= 0.3 is 0 Å². The van der Waals surface area contributed by atoms with Crippen LogP contribution in [0.1, 0.15) is 27.7 Å². The van der Waals surface area contributed by atoms with Crippen molar-refractivity contribution < 1.29 is 14.6 Å². The first-order valence-corrected chi connectivity index (χ1v) is 9.02. The lowest BCUT2D eigenvalue weighted by Crippen LogP contribution is -2.48. The first-order valence-electron chi connectivity index (χ1n) is 7.38. The maximum absolute atomic E-state index is 12.6. The Hall–Kier alpha value is -0.620. The van der Waals surface area contributed by atoms with Crippen molar-refractivity contribution in [3.8, 4) is 5.75 Å². The zero-order valence-corrected chi connectivity index (χ0v) is 15.9. The van der Waals surface area contributed by atoms with Gasteiger partial charge in [0.1, 0.15) is 12.0 Å². The first-order chi connectivity index (χ1) is 10.6. The molecular formula is C16H21Cl2NO3S. The summed E-state index contributed by atoms with van der Waals surface area (Å²) in [6.07, 6.45) is -0.850. The number of halogens is 2. The summed E-state index contributed by atoms with van der Waals surface area (Å²) in [7, 11) is 0. The fourth-order valence-electron chi connectivity index (χ4n) is 2.44. The molecular weight excluding hydrogens is 357 g/mol. The molecule has 7 heteroatoms. The number of aliphatic hydroxyl groups excluding tert-OH is 1. The molecule has 2 atom stereocenters. The Bertz CT molecular complexity index is 595. The number of amides is 1. The second-order valence-electron chi connectivity index (χ2n) is 6.39. The molecule has 1 N–H and O–H groups in total. The third-order valence-corrected chi connectivity index (χ3v) is 6.05. The lowest BCUT2D eigenvalue weighted by molar-refractivity contribution is -0.145. The number of benzene rings is 1. The van der Waals surface area contributed by atoms with Gasteiger partial charge in [0, 0.05) is 5.02 Å². The summed E-state index contributed by atoms with van der Waals surface area (Å²) >= 11 is 13.5. The molecule has 1 aliphatic heterocycles. The minimum absolute atomic E-state index is 0.0863. The van der Waals surface area contributed by atoms with Gasteiger partial charge in [0.25, 0.3) is 5.91 Å². The number of thioether (sulfide) groups is 1. The van der Waals surface area contributed by atoms with Crippen LogP contribution in [0.25, 0.3) is 0 Å². The predicted molar refractivity (Wildman–Crippen MR) is 95.1 cm³/mol. The van der Waals surface area contributed by atoms with Gasteiger partial charge in [0.15, 0.2) is 6.61 Å². The fraction of sp³-hybridized carbons (Fsp3) is 0.562. The molecule has 23 heavy (non-hydrogen) atoms. The third-order valence-electron chi connectivity index (χ3n) is 3.69. The number of nitrogens with zero attached hydrogens (tertiary/aromatic N) is 1. The highest BCUT2D eigenvalue weighted by Gasteiger charge is 2.49. The van der Waals surface area contributed by atoms with Gasteiger partial charge in [-0.15, -0.1) is 11.8 Å². The number of carbonyl (C=O) groups is 1. The Morgan fingerprint density at radius 2 is 2.09 bits per heavy atom. The standard InChI is InChI=1S/C16H21Cl2NO3S/c1-9(2)14-19(15(21)16(3,4)23-14)13(20)8-22-12-6-5-10(17)7-11(12)18/h5-7,9,14-15,21H,8H2,1-4H3. The molecule has 0 aliphatic carbocycles. The number of ether oxygens (including phenoxy) is 1. The van der Waals surface area contributed by atoms with Crippen LogP contribution in [0.3, 0.4) is 0 Å². The highest BCUT2D eigenvalue weighted by Crippen LogP contribution is 2.46. The molecule has 1 saturated heterocycles. The zero-order chi connectivity index (χ0) is 17.4. The van der Waals surface area contributed by atoms with Crippen molar-refractivity contribution in [2.24, 2.45) is 5.92 Å². The molecule has 0 aromatic heterocycles. The van der Waals surface area contributed by atoms with Crippen molar-refractivity contribution in [2.75, 3.05) is 6.61 Å². The average Bonchev–Trinajstić information content (AvgIpc) is 2.69. The molecule has 0 radical (unpaired) electrons. The fourth-order valence-corrected chi connectivity index (χ4v) is 4.38.